The van der Waals surface area contributed by atoms with E-state index >= 15 is 0 Å². The maximum absolute atomic E-state index is 13.7. The lowest BCUT2D eigenvalue weighted by atomic mass is 10.0. The first-order valence-electron chi connectivity index (χ1n) is 5.91. The fraction of sp³-hybridized carbons (Fsp3) is 0.200. The van der Waals surface area contributed by atoms with E-state index in [1.807, 2.05) is 24.3 Å². The predicted molar refractivity (Wildman–Crippen MR) is 79.0 cm³/mol. The molecule has 1 nitrogen and oxygen atoms in total. The molecule has 0 fully saturated rings. The normalized spacial score (nSPS) is 12.4. The molecule has 0 spiro atoms. The Morgan fingerprint density at radius 3 is 2.47 bits per heavy atom. The van der Waals surface area contributed by atoms with Crippen molar-refractivity contribution in [1.82, 2.24) is 0 Å². The summed E-state index contributed by atoms with van der Waals surface area (Å²) in [6, 6.07) is 12.5. The lowest BCUT2D eigenvalue weighted by Crippen LogP contribution is -2.14. The van der Waals surface area contributed by atoms with Crippen LogP contribution in [0.4, 0.5) is 4.39 Å². The van der Waals surface area contributed by atoms with Gasteiger partial charge in [0.05, 0.1) is 11.1 Å². The third-order valence-electron chi connectivity index (χ3n) is 2.87. The van der Waals surface area contributed by atoms with Crippen LogP contribution in [0.1, 0.15) is 11.1 Å². The summed E-state index contributed by atoms with van der Waals surface area (Å²) in [5.41, 5.74) is 1.45. The highest BCUT2D eigenvalue weighted by Crippen LogP contribution is 2.20. The lowest BCUT2D eigenvalue weighted by molar-refractivity contribution is 0.174. The van der Waals surface area contributed by atoms with Gasteiger partial charge in [0.2, 0.25) is 0 Å². The molecule has 0 bridgehead atoms. The van der Waals surface area contributed by atoms with Crippen LogP contribution in [0.5, 0.6) is 0 Å². The third kappa shape index (κ3) is 4.03. The second-order valence-corrected chi connectivity index (χ2v) is 5.72. The third-order valence-corrected chi connectivity index (χ3v) is 3.69. The molecule has 1 unspecified atom stereocenters. The van der Waals surface area contributed by atoms with Gasteiger partial charge in [-0.05, 0) is 35.7 Å². The largest absolute Gasteiger partial charge is 0.392 e. The van der Waals surface area contributed by atoms with Crippen LogP contribution >= 0.6 is 27.5 Å². The molecule has 2 rings (SSSR count). The Labute approximate surface area is 125 Å². The molecule has 2 aromatic rings. The SMILES string of the molecule is OC(Cc1ccc(Br)cc1)Cc1cccc(Cl)c1F. The average Bonchev–Trinajstić information content (AvgIpc) is 2.38. The van der Waals surface area contributed by atoms with Crippen LogP contribution < -0.4 is 0 Å². The number of hydrogen-bond acceptors (Lipinski definition) is 1. The molecule has 1 atom stereocenters. The standard InChI is InChI=1S/C15H13BrClFO/c16-12-6-4-10(5-7-12)8-13(19)9-11-2-1-3-14(17)15(11)18/h1-7,13,19H,8-9H2. The maximum Gasteiger partial charge on any atom is 0.145 e. The van der Waals surface area contributed by atoms with Crippen molar-refractivity contribution in [2.45, 2.75) is 18.9 Å². The van der Waals surface area contributed by atoms with Gasteiger partial charge in [0.1, 0.15) is 5.82 Å². The zero-order valence-electron chi connectivity index (χ0n) is 10.1. The first-order valence-corrected chi connectivity index (χ1v) is 7.09. The number of aliphatic hydroxyl groups excluding tert-OH is 1. The van der Waals surface area contributed by atoms with Gasteiger partial charge in [-0.15, -0.1) is 0 Å². The predicted octanol–water partition coefficient (Wildman–Crippen LogP) is 4.39. The van der Waals surface area contributed by atoms with E-state index in [1.54, 1.807) is 12.1 Å². The molecule has 4 heteroatoms. The first-order chi connectivity index (χ1) is 9.06. The number of benzene rings is 2. The smallest absolute Gasteiger partial charge is 0.145 e. The van der Waals surface area contributed by atoms with Gasteiger partial charge in [0.15, 0.2) is 0 Å². The van der Waals surface area contributed by atoms with Crippen molar-refractivity contribution in [3.05, 3.63) is 68.9 Å². The Kier molecular flexibility index (Phi) is 4.97. The van der Waals surface area contributed by atoms with E-state index in [0.29, 0.717) is 12.0 Å². The van der Waals surface area contributed by atoms with Crippen LogP contribution in [0.3, 0.4) is 0 Å². The van der Waals surface area contributed by atoms with Crippen molar-refractivity contribution in [3.63, 3.8) is 0 Å². The molecule has 0 aliphatic heterocycles. The summed E-state index contributed by atoms with van der Waals surface area (Å²) in [5.74, 6) is -0.445. The maximum atomic E-state index is 13.7. The van der Waals surface area contributed by atoms with Gasteiger partial charge < -0.3 is 5.11 Å². The number of hydrogen-bond donors (Lipinski definition) is 1. The summed E-state index contributed by atoms with van der Waals surface area (Å²) >= 11 is 9.07. The summed E-state index contributed by atoms with van der Waals surface area (Å²) in [6.45, 7) is 0. The summed E-state index contributed by atoms with van der Waals surface area (Å²) in [4.78, 5) is 0. The Morgan fingerprint density at radius 2 is 1.79 bits per heavy atom. The molecule has 100 valence electrons. The van der Waals surface area contributed by atoms with Crippen LogP contribution in [0.2, 0.25) is 5.02 Å². The molecule has 0 saturated heterocycles. The first kappa shape index (κ1) is 14.5. The molecule has 0 aliphatic carbocycles. The van der Waals surface area contributed by atoms with E-state index in [9.17, 15) is 9.50 Å². The molecule has 0 amide bonds. The van der Waals surface area contributed by atoms with Crippen molar-refractivity contribution >= 4 is 27.5 Å². The molecular formula is C15H13BrClFO. The Bertz CT molecular complexity index is 557. The van der Waals surface area contributed by atoms with Crippen molar-refractivity contribution in [2.75, 3.05) is 0 Å². The van der Waals surface area contributed by atoms with Crippen molar-refractivity contribution < 1.29 is 9.50 Å². The minimum atomic E-state index is -0.630. The summed E-state index contributed by atoms with van der Waals surface area (Å²) in [7, 11) is 0. The fourth-order valence-corrected chi connectivity index (χ4v) is 2.38. The van der Waals surface area contributed by atoms with E-state index < -0.39 is 11.9 Å². The molecule has 19 heavy (non-hydrogen) atoms. The van der Waals surface area contributed by atoms with Gasteiger partial charge in [-0.25, -0.2) is 4.39 Å². The van der Waals surface area contributed by atoms with E-state index in [1.165, 1.54) is 6.07 Å². The molecule has 0 aromatic heterocycles. The highest BCUT2D eigenvalue weighted by atomic mass is 79.9. The minimum Gasteiger partial charge on any atom is -0.392 e. The summed E-state index contributed by atoms with van der Waals surface area (Å²) < 4.78 is 14.7. The minimum absolute atomic E-state index is 0.0911. The van der Waals surface area contributed by atoms with Crippen LogP contribution in [0.15, 0.2) is 46.9 Å². The second-order valence-electron chi connectivity index (χ2n) is 4.40. The summed E-state index contributed by atoms with van der Waals surface area (Å²) in [6.07, 6.45) is 0.107. The van der Waals surface area contributed by atoms with E-state index in [0.717, 1.165) is 10.0 Å². The molecule has 1 N–H and O–H groups in total. The highest BCUT2D eigenvalue weighted by Gasteiger charge is 2.12. The van der Waals surface area contributed by atoms with E-state index in [4.69, 9.17) is 11.6 Å². The second kappa shape index (κ2) is 6.51. The van der Waals surface area contributed by atoms with Gasteiger partial charge in [-0.3, -0.25) is 0 Å². The van der Waals surface area contributed by atoms with Gasteiger partial charge in [-0.2, -0.15) is 0 Å². The van der Waals surface area contributed by atoms with E-state index in [-0.39, 0.29) is 11.4 Å². The Hall–Kier alpha value is -0.900. The molecule has 0 heterocycles. The van der Waals surface area contributed by atoms with Crippen LogP contribution in [-0.2, 0) is 12.8 Å². The summed E-state index contributed by atoms with van der Waals surface area (Å²) in [5, 5.41) is 10.1. The van der Waals surface area contributed by atoms with Gasteiger partial charge in [0.25, 0.3) is 0 Å². The van der Waals surface area contributed by atoms with Gasteiger partial charge in [0, 0.05) is 10.9 Å². The molecule has 0 aliphatic rings. The van der Waals surface area contributed by atoms with E-state index in [2.05, 4.69) is 15.9 Å². The van der Waals surface area contributed by atoms with Gasteiger partial charge in [-0.1, -0.05) is 51.8 Å². The lowest BCUT2D eigenvalue weighted by Gasteiger charge is -2.12. The Morgan fingerprint density at radius 1 is 1.11 bits per heavy atom. The number of halogens is 3. The van der Waals surface area contributed by atoms with Crippen LogP contribution in [0.25, 0.3) is 0 Å². The molecule has 2 aromatic carbocycles. The zero-order chi connectivity index (χ0) is 13.8. The highest BCUT2D eigenvalue weighted by molar-refractivity contribution is 9.10. The fourth-order valence-electron chi connectivity index (χ4n) is 1.92. The van der Waals surface area contributed by atoms with Gasteiger partial charge >= 0.3 is 0 Å². The Balaban J connectivity index is 2.03. The van der Waals surface area contributed by atoms with Crippen molar-refractivity contribution in [2.24, 2.45) is 0 Å². The van der Waals surface area contributed by atoms with Crippen LogP contribution in [0, 0.1) is 5.82 Å². The molecular weight excluding hydrogens is 331 g/mol. The molecule has 0 radical (unpaired) electrons. The number of aliphatic hydroxyl groups is 1. The topological polar surface area (TPSA) is 20.2 Å². The van der Waals surface area contributed by atoms with Crippen molar-refractivity contribution in [3.8, 4) is 0 Å². The average molecular weight is 344 g/mol. The molecule has 0 saturated carbocycles. The van der Waals surface area contributed by atoms with Crippen molar-refractivity contribution in [1.29, 1.82) is 0 Å². The quantitative estimate of drug-likeness (QED) is 0.873. The van der Waals surface area contributed by atoms with Crippen LogP contribution in [-0.4, -0.2) is 11.2 Å². The zero-order valence-corrected chi connectivity index (χ0v) is 12.5. The monoisotopic (exact) mass is 342 g/mol. The number of rotatable bonds is 4.